The van der Waals surface area contributed by atoms with Crippen molar-refractivity contribution in [2.24, 2.45) is 5.92 Å². The molecule has 1 atom stereocenters. The van der Waals surface area contributed by atoms with Crippen LogP contribution in [0.4, 0.5) is 0 Å². The second-order valence-electron chi connectivity index (χ2n) is 5.61. The fourth-order valence-electron chi connectivity index (χ4n) is 2.48. The van der Waals surface area contributed by atoms with E-state index in [9.17, 15) is 5.11 Å². The largest absolute Gasteiger partial charge is 0.387 e. The summed E-state index contributed by atoms with van der Waals surface area (Å²) in [6.45, 7) is 2.74. The Morgan fingerprint density at radius 1 is 1.50 bits per heavy atom. The first-order chi connectivity index (χ1) is 9.72. The normalized spacial score (nSPS) is 17.2. The standard InChI is InChI=1S/C17H20N2O/c1-13(15-5-6-15)9-14-3-2-4-16(10-14)17(20)11-19-8-7-18-12-19/h2-4,7-10,12,15,17,20H,5-6,11H2,1H3/b13-9+. The van der Waals surface area contributed by atoms with Crippen LogP contribution < -0.4 is 0 Å². The third-order valence-corrected chi connectivity index (χ3v) is 3.85. The minimum absolute atomic E-state index is 0.501. The van der Waals surface area contributed by atoms with Crippen LogP contribution in [0.15, 0.2) is 48.6 Å². The Morgan fingerprint density at radius 2 is 2.35 bits per heavy atom. The fourth-order valence-corrected chi connectivity index (χ4v) is 2.48. The topological polar surface area (TPSA) is 38.0 Å². The third kappa shape index (κ3) is 3.17. The maximum Gasteiger partial charge on any atom is 0.0969 e. The van der Waals surface area contributed by atoms with Crippen molar-refractivity contribution in [2.75, 3.05) is 0 Å². The van der Waals surface area contributed by atoms with Gasteiger partial charge in [-0.05, 0) is 42.9 Å². The van der Waals surface area contributed by atoms with E-state index in [2.05, 4.69) is 30.1 Å². The van der Waals surface area contributed by atoms with Crippen LogP contribution in [0.2, 0.25) is 0 Å². The Hall–Kier alpha value is -1.87. The van der Waals surface area contributed by atoms with Crippen LogP contribution in [0.25, 0.3) is 6.08 Å². The molecule has 104 valence electrons. The first kappa shape index (κ1) is 13.1. The number of rotatable bonds is 5. The van der Waals surface area contributed by atoms with Gasteiger partial charge in [0.05, 0.1) is 19.0 Å². The smallest absolute Gasteiger partial charge is 0.0969 e. The molecule has 1 aliphatic rings. The van der Waals surface area contributed by atoms with Gasteiger partial charge in [0, 0.05) is 12.4 Å². The van der Waals surface area contributed by atoms with Gasteiger partial charge in [0.25, 0.3) is 0 Å². The molecule has 1 heterocycles. The molecule has 0 radical (unpaired) electrons. The molecule has 1 fully saturated rings. The number of nitrogens with zero attached hydrogens (tertiary/aromatic N) is 2. The van der Waals surface area contributed by atoms with E-state index in [4.69, 9.17) is 0 Å². The van der Waals surface area contributed by atoms with Gasteiger partial charge in [-0.2, -0.15) is 0 Å². The molecule has 1 N–H and O–H groups in total. The zero-order valence-corrected chi connectivity index (χ0v) is 11.7. The van der Waals surface area contributed by atoms with E-state index in [0.29, 0.717) is 6.54 Å². The lowest BCUT2D eigenvalue weighted by Crippen LogP contribution is -2.07. The van der Waals surface area contributed by atoms with E-state index in [1.807, 2.05) is 22.9 Å². The molecule has 0 saturated heterocycles. The van der Waals surface area contributed by atoms with E-state index in [0.717, 1.165) is 11.5 Å². The molecule has 1 aromatic heterocycles. The molecule has 2 aromatic rings. The van der Waals surface area contributed by atoms with Crippen LogP contribution in [0.5, 0.6) is 0 Å². The minimum atomic E-state index is -0.501. The van der Waals surface area contributed by atoms with Gasteiger partial charge >= 0.3 is 0 Å². The predicted molar refractivity (Wildman–Crippen MR) is 80.0 cm³/mol. The molecule has 0 amide bonds. The van der Waals surface area contributed by atoms with Crippen LogP contribution in [-0.4, -0.2) is 14.7 Å². The van der Waals surface area contributed by atoms with Crippen LogP contribution in [-0.2, 0) is 6.54 Å². The average Bonchev–Trinajstić information content (AvgIpc) is 3.18. The van der Waals surface area contributed by atoms with Crippen molar-refractivity contribution < 1.29 is 5.11 Å². The highest BCUT2D eigenvalue weighted by Gasteiger charge is 2.22. The van der Waals surface area contributed by atoms with Crippen LogP contribution in [0.3, 0.4) is 0 Å². The van der Waals surface area contributed by atoms with E-state index in [1.165, 1.54) is 24.0 Å². The average molecular weight is 268 g/mol. The molecular formula is C17H20N2O. The lowest BCUT2D eigenvalue weighted by molar-refractivity contribution is 0.156. The van der Waals surface area contributed by atoms with Crippen molar-refractivity contribution in [3.8, 4) is 0 Å². The number of aliphatic hydroxyl groups excluding tert-OH is 1. The summed E-state index contributed by atoms with van der Waals surface area (Å²) in [5.41, 5.74) is 3.58. The summed E-state index contributed by atoms with van der Waals surface area (Å²) in [5, 5.41) is 10.3. The van der Waals surface area contributed by atoms with Gasteiger partial charge in [-0.25, -0.2) is 4.98 Å². The second-order valence-corrected chi connectivity index (χ2v) is 5.61. The molecule has 3 heteroatoms. The summed E-state index contributed by atoms with van der Waals surface area (Å²) in [6.07, 6.45) is 9.71. The molecule has 20 heavy (non-hydrogen) atoms. The summed E-state index contributed by atoms with van der Waals surface area (Å²) in [6, 6.07) is 8.16. The van der Waals surface area contributed by atoms with E-state index in [-0.39, 0.29) is 0 Å². The van der Waals surface area contributed by atoms with Gasteiger partial charge < -0.3 is 9.67 Å². The zero-order chi connectivity index (χ0) is 13.9. The van der Waals surface area contributed by atoms with Crippen molar-refractivity contribution in [3.63, 3.8) is 0 Å². The first-order valence-electron chi connectivity index (χ1n) is 7.14. The Morgan fingerprint density at radius 3 is 3.05 bits per heavy atom. The van der Waals surface area contributed by atoms with Gasteiger partial charge in [-0.1, -0.05) is 29.8 Å². The Kier molecular flexibility index (Phi) is 3.70. The van der Waals surface area contributed by atoms with Crippen LogP contribution in [0.1, 0.15) is 37.0 Å². The maximum atomic E-state index is 10.3. The lowest BCUT2D eigenvalue weighted by atomic mass is 10.0. The van der Waals surface area contributed by atoms with Crippen molar-refractivity contribution in [1.29, 1.82) is 0 Å². The van der Waals surface area contributed by atoms with Crippen molar-refractivity contribution in [2.45, 2.75) is 32.4 Å². The summed E-state index contributed by atoms with van der Waals surface area (Å²) in [7, 11) is 0. The Balaban J connectivity index is 1.74. The molecule has 0 aliphatic heterocycles. The van der Waals surface area contributed by atoms with E-state index in [1.54, 1.807) is 12.5 Å². The Labute approximate surface area is 119 Å². The predicted octanol–water partition coefficient (Wildman–Crippen LogP) is 3.43. The van der Waals surface area contributed by atoms with Crippen molar-refractivity contribution in [1.82, 2.24) is 9.55 Å². The quantitative estimate of drug-likeness (QED) is 0.902. The minimum Gasteiger partial charge on any atom is -0.387 e. The molecule has 0 spiro atoms. The van der Waals surface area contributed by atoms with Gasteiger partial charge in [-0.3, -0.25) is 0 Å². The van der Waals surface area contributed by atoms with E-state index >= 15 is 0 Å². The SMILES string of the molecule is C/C(=C\c1cccc(C(O)Cn2ccnc2)c1)C1CC1. The number of imidazole rings is 1. The highest BCUT2D eigenvalue weighted by molar-refractivity contribution is 5.54. The number of hydrogen-bond acceptors (Lipinski definition) is 2. The third-order valence-electron chi connectivity index (χ3n) is 3.85. The van der Waals surface area contributed by atoms with Gasteiger partial charge in [0.1, 0.15) is 0 Å². The van der Waals surface area contributed by atoms with Crippen LogP contribution in [0, 0.1) is 5.92 Å². The molecule has 0 bridgehead atoms. The first-order valence-corrected chi connectivity index (χ1v) is 7.14. The molecular weight excluding hydrogens is 248 g/mol. The summed E-state index contributed by atoms with van der Waals surface area (Å²) < 4.78 is 1.89. The van der Waals surface area contributed by atoms with Crippen LogP contribution >= 0.6 is 0 Å². The molecule has 1 unspecified atom stereocenters. The van der Waals surface area contributed by atoms with E-state index < -0.39 is 6.10 Å². The molecule has 1 saturated carbocycles. The maximum absolute atomic E-state index is 10.3. The zero-order valence-electron chi connectivity index (χ0n) is 11.7. The molecule has 1 aromatic carbocycles. The number of benzene rings is 1. The monoisotopic (exact) mass is 268 g/mol. The summed E-state index contributed by atoms with van der Waals surface area (Å²) >= 11 is 0. The number of allylic oxidation sites excluding steroid dienone is 1. The highest BCUT2D eigenvalue weighted by Crippen LogP contribution is 2.37. The second kappa shape index (κ2) is 5.63. The number of aromatic nitrogens is 2. The highest BCUT2D eigenvalue weighted by atomic mass is 16.3. The molecule has 1 aliphatic carbocycles. The Bertz CT molecular complexity index is 597. The fraction of sp³-hybridized carbons (Fsp3) is 0.353. The van der Waals surface area contributed by atoms with Crippen molar-refractivity contribution in [3.05, 3.63) is 59.7 Å². The number of hydrogen-bond donors (Lipinski definition) is 1. The summed E-state index contributed by atoms with van der Waals surface area (Å²) in [4.78, 5) is 3.99. The number of aliphatic hydroxyl groups is 1. The van der Waals surface area contributed by atoms with Crippen molar-refractivity contribution >= 4 is 6.08 Å². The summed E-state index contributed by atoms with van der Waals surface area (Å²) in [5.74, 6) is 0.787. The van der Waals surface area contributed by atoms with Gasteiger partial charge in [0.2, 0.25) is 0 Å². The molecule has 3 rings (SSSR count). The molecule has 3 nitrogen and oxygen atoms in total. The van der Waals surface area contributed by atoms with Gasteiger partial charge in [-0.15, -0.1) is 0 Å². The lowest BCUT2D eigenvalue weighted by Gasteiger charge is -2.12. The van der Waals surface area contributed by atoms with Gasteiger partial charge in [0.15, 0.2) is 0 Å².